The summed E-state index contributed by atoms with van der Waals surface area (Å²) in [4.78, 5) is 24.4. The predicted molar refractivity (Wildman–Crippen MR) is 57.7 cm³/mol. The summed E-state index contributed by atoms with van der Waals surface area (Å²) in [5.41, 5.74) is 0.893. The fraction of sp³-hybridized carbons (Fsp3) is 0.545. The van der Waals surface area contributed by atoms with Crippen molar-refractivity contribution in [2.75, 3.05) is 6.54 Å². The molecule has 5 heteroatoms. The van der Waals surface area contributed by atoms with Crippen LogP contribution in [0.25, 0.3) is 0 Å². The van der Waals surface area contributed by atoms with E-state index in [9.17, 15) is 9.59 Å². The number of carbonyl (C=O) groups is 2. The van der Waals surface area contributed by atoms with Crippen LogP contribution in [0, 0.1) is 0 Å². The van der Waals surface area contributed by atoms with Crippen LogP contribution in [0.5, 0.6) is 0 Å². The van der Waals surface area contributed by atoms with E-state index < -0.39 is 0 Å². The molecule has 86 valence electrons. The first-order valence-corrected chi connectivity index (χ1v) is 5.43. The maximum absolute atomic E-state index is 11.9. The van der Waals surface area contributed by atoms with Crippen LogP contribution < -0.4 is 0 Å². The molecule has 0 bridgehead atoms. The quantitative estimate of drug-likeness (QED) is 0.683. The number of aldehydes is 1. The fourth-order valence-corrected chi connectivity index (χ4v) is 2.08. The van der Waals surface area contributed by atoms with E-state index in [1.807, 2.05) is 13.2 Å². The molecule has 0 aliphatic carbocycles. The van der Waals surface area contributed by atoms with E-state index in [1.165, 1.54) is 0 Å². The van der Waals surface area contributed by atoms with Crippen LogP contribution in [0.3, 0.4) is 0 Å². The smallest absolute Gasteiger partial charge is 0.227 e. The highest BCUT2D eigenvalue weighted by Crippen LogP contribution is 2.16. The molecule has 1 aromatic rings. The van der Waals surface area contributed by atoms with Gasteiger partial charge in [-0.2, -0.15) is 5.10 Å². The maximum Gasteiger partial charge on any atom is 0.227 e. The molecule has 0 radical (unpaired) electrons. The molecule has 1 fully saturated rings. The molecule has 1 amide bonds. The molecule has 2 rings (SSSR count). The number of likely N-dealkylation sites (tertiary alicyclic amines) is 1. The van der Waals surface area contributed by atoms with Crippen molar-refractivity contribution < 1.29 is 9.59 Å². The molecule has 0 saturated carbocycles. The average Bonchev–Trinajstić information content (AvgIpc) is 2.86. The number of rotatable bonds is 3. The van der Waals surface area contributed by atoms with Crippen LogP contribution in [0.4, 0.5) is 0 Å². The predicted octanol–water partition coefficient (Wildman–Crippen LogP) is 0.152. The van der Waals surface area contributed by atoms with Gasteiger partial charge in [-0.3, -0.25) is 9.48 Å². The Morgan fingerprint density at radius 2 is 2.50 bits per heavy atom. The van der Waals surface area contributed by atoms with Gasteiger partial charge in [-0.05, 0) is 18.4 Å². The third-order valence-electron chi connectivity index (χ3n) is 2.89. The number of hydrogen-bond donors (Lipinski definition) is 0. The largest absolute Gasteiger partial charge is 0.333 e. The normalized spacial score (nSPS) is 20.1. The van der Waals surface area contributed by atoms with Crippen LogP contribution in [0.15, 0.2) is 12.4 Å². The molecule has 1 aliphatic heterocycles. The van der Waals surface area contributed by atoms with Crippen molar-refractivity contribution in [1.82, 2.24) is 14.7 Å². The Bertz CT molecular complexity index is 400. The highest BCUT2D eigenvalue weighted by Gasteiger charge is 2.28. The lowest BCUT2D eigenvalue weighted by Gasteiger charge is -2.19. The van der Waals surface area contributed by atoms with Gasteiger partial charge in [0, 0.05) is 19.8 Å². The van der Waals surface area contributed by atoms with Gasteiger partial charge in [-0.1, -0.05) is 0 Å². The van der Waals surface area contributed by atoms with Gasteiger partial charge in [-0.15, -0.1) is 0 Å². The first-order valence-electron chi connectivity index (χ1n) is 5.43. The van der Waals surface area contributed by atoms with Crippen molar-refractivity contribution in [1.29, 1.82) is 0 Å². The van der Waals surface area contributed by atoms with E-state index in [0.717, 1.165) is 24.7 Å². The van der Waals surface area contributed by atoms with Gasteiger partial charge in [-0.25, -0.2) is 0 Å². The highest BCUT2D eigenvalue weighted by atomic mass is 16.2. The topological polar surface area (TPSA) is 55.2 Å². The Hall–Kier alpha value is -1.65. The van der Waals surface area contributed by atoms with Crippen molar-refractivity contribution in [3.8, 4) is 0 Å². The number of hydrogen-bond acceptors (Lipinski definition) is 3. The molecule has 0 N–H and O–H groups in total. The zero-order chi connectivity index (χ0) is 11.5. The van der Waals surface area contributed by atoms with Gasteiger partial charge in [0.2, 0.25) is 5.91 Å². The van der Waals surface area contributed by atoms with E-state index in [0.29, 0.717) is 13.0 Å². The number of amides is 1. The standard InChI is InChI=1S/C11H15N3O2/c1-13-7-9(6-12-13)5-11(16)14-4-2-3-10(14)8-15/h6-8,10H,2-5H2,1H3. The van der Waals surface area contributed by atoms with E-state index >= 15 is 0 Å². The average molecular weight is 221 g/mol. The molecule has 1 saturated heterocycles. The molecule has 0 spiro atoms. The molecule has 16 heavy (non-hydrogen) atoms. The SMILES string of the molecule is Cn1cc(CC(=O)N2CCCC2C=O)cn1. The lowest BCUT2D eigenvalue weighted by atomic mass is 10.2. The first kappa shape index (κ1) is 10.9. The van der Waals surface area contributed by atoms with Crippen LogP contribution in [0.2, 0.25) is 0 Å². The van der Waals surface area contributed by atoms with Gasteiger partial charge in [0.15, 0.2) is 0 Å². The zero-order valence-corrected chi connectivity index (χ0v) is 9.30. The summed E-state index contributed by atoms with van der Waals surface area (Å²) in [6.45, 7) is 0.697. The summed E-state index contributed by atoms with van der Waals surface area (Å²) in [6, 6.07) is -0.218. The van der Waals surface area contributed by atoms with Crippen LogP contribution in [0.1, 0.15) is 18.4 Å². The Labute approximate surface area is 94.0 Å². The molecule has 2 heterocycles. The Morgan fingerprint density at radius 1 is 1.69 bits per heavy atom. The molecule has 5 nitrogen and oxygen atoms in total. The van der Waals surface area contributed by atoms with Crippen molar-refractivity contribution in [3.05, 3.63) is 18.0 Å². The maximum atomic E-state index is 11.9. The van der Waals surface area contributed by atoms with Gasteiger partial charge in [0.1, 0.15) is 6.29 Å². The van der Waals surface area contributed by atoms with Crippen molar-refractivity contribution in [2.24, 2.45) is 7.05 Å². The monoisotopic (exact) mass is 221 g/mol. The lowest BCUT2D eigenvalue weighted by Crippen LogP contribution is -2.37. The highest BCUT2D eigenvalue weighted by molar-refractivity contribution is 5.82. The van der Waals surface area contributed by atoms with Crippen molar-refractivity contribution in [3.63, 3.8) is 0 Å². The van der Waals surface area contributed by atoms with E-state index in [4.69, 9.17) is 0 Å². The van der Waals surface area contributed by atoms with E-state index in [-0.39, 0.29) is 11.9 Å². The second-order valence-electron chi connectivity index (χ2n) is 4.13. The summed E-state index contributed by atoms with van der Waals surface area (Å²) in [5, 5.41) is 4.01. The number of nitrogens with zero attached hydrogens (tertiary/aromatic N) is 3. The lowest BCUT2D eigenvalue weighted by molar-refractivity contribution is -0.133. The molecule has 1 unspecified atom stereocenters. The molecule has 1 atom stereocenters. The van der Waals surface area contributed by atoms with Gasteiger partial charge in [0.25, 0.3) is 0 Å². The Kier molecular flexibility index (Phi) is 3.03. The van der Waals surface area contributed by atoms with E-state index in [1.54, 1.807) is 15.8 Å². The summed E-state index contributed by atoms with van der Waals surface area (Å²) in [6.07, 6.45) is 6.42. The minimum atomic E-state index is -0.218. The second kappa shape index (κ2) is 4.47. The van der Waals surface area contributed by atoms with Gasteiger partial charge >= 0.3 is 0 Å². The molecule has 0 aromatic carbocycles. The first-order chi connectivity index (χ1) is 7.70. The summed E-state index contributed by atoms with van der Waals surface area (Å²) in [5.74, 6) is 0.0163. The van der Waals surface area contributed by atoms with Crippen LogP contribution in [-0.2, 0) is 23.1 Å². The van der Waals surface area contributed by atoms with Crippen molar-refractivity contribution in [2.45, 2.75) is 25.3 Å². The van der Waals surface area contributed by atoms with Crippen molar-refractivity contribution >= 4 is 12.2 Å². The second-order valence-corrected chi connectivity index (χ2v) is 4.13. The Balaban J connectivity index is 2.00. The molecule has 1 aliphatic rings. The summed E-state index contributed by atoms with van der Waals surface area (Å²) >= 11 is 0. The van der Waals surface area contributed by atoms with Gasteiger partial charge in [0.05, 0.1) is 18.7 Å². The fourth-order valence-electron chi connectivity index (χ4n) is 2.08. The molecular formula is C11H15N3O2. The number of carbonyl (C=O) groups excluding carboxylic acids is 2. The summed E-state index contributed by atoms with van der Waals surface area (Å²) < 4.78 is 1.67. The summed E-state index contributed by atoms with van der Waals surface area (Å²) in [7, 11) is 1.82. The third kappa shape index (κ3) is 2.13. The van der Waals surface area contributed by atoms with Crippen LogP contribution in [-0.4, -0.2) is 39.5 Å². The third-order valence-corrected chi connectivity index (χ3v) is 2.89. The molecular weight excluding hydrogens is 206 g/mol. The molecule has 1 aromatic heterocycles. The zero-order valence-electron chi connectivity index (χ0n) is 9.30. The number of aromatic nitrogens is 2. The minimum Gasteiger partial charge on any atom is -0.333 e. The van der Waals surface area contributed by atoms with Crippen LogP contribution >= 0.6 is 0 Å². The van der Waals surface area contributed by atoms with Gasteiger partial charge < -0.3 is 9.69 Å². The Morgan fingerprint density at radius 3 is 3.12 bits per heavy atom. The van der Waals surface area contributed by atoms with E-state index in [2.05, 4.69) is 5.10 Å². The number of aryl methyl sites for hydroxylation is 1. The minimum absolute atomic E-state index is 0.0163.